The number of fused-ring (bicyclic) bond motifs is 1. The van der Waals surface area contributed by atoms with E-state index in [-0.39, 0.29) is 5.82 Å². The van der Waals surface area contributed by atoms with Crippen LogP contribution in [-0.2, 0) is 4.74 Å². The third-order valence-electron chi connectivity index (χ3n) is 2.80. The summed E-state index contributed by atoms with van der Waals surface area (Å²) in [6, 6.07) is 6.00. The van der Waals surface area contributed by atoms with E-state index < -0.39 is 6.10 Å². The van der Waals surface area contributed by atoms with Crippen LogP contribution in [0.4, 0.5) is 4.39 Å². The molecule has 0 radical (unpaired) electrons. The molecule has 4 heteroatoms. The predicted molar refractivity (Wildman–Crippen MR) is 66.9 cm³/mol. The highest BCUT2D eigenvalue weighted by Gasteiger charge is 2.13. The van der Waals surface area contributed by atoms with Gasteiger partial charge in [0.1, 0.15) is 23.3 Å². The number of hydrogen-bond donors (Lipinski definition) is 1. The number of benzene rings is 1. The molecular formula is C14H17FO3. The Labute approximate surface area is 105 Å². The minimum atomic E-state index is -0.666. The molecule has 1 atom stereocenters. The maximum absolute atomic E-state index is 13.0. The highest BCUT2D eigenvalue weighted by Crippen LogP contribution is 2.26. The van der Waals surface area contributed by atoms with Gasteiger partial charge in [0.2, 0.25) is 0 Å². The molecule has 1 heterocycles. The SMILES string of the molecule is CCOCCCC(O)c1cc2cc(F)ccc2o1. The number of ether oxygens (including phenoxy) is 1. The van der Waals surface area contributed by atoms with E-state index in [1.807, 2.05) is 6.92 Å². The average molecular weight is 252 g/mol. The Bertz CT molecular complexity index is 507. The van der Waals surface area contributed by atoms with Crippen LogP contribution in [0.3, 0.4) is 0 Å². The van der Waals surface area contributed by atoms with Crippen LogP contribution in [-0.4, -0.2) is 18.3 Å². The molecular weight excluding hydrogens is 235 g/mol. The zero-order chi connectivity index (χ0) is 13.0. The summed E-state index contributed by atoms with van der Waals surface area (Å²) >= 11 is 0. The normalized spacial score (nSPS) is 13.1. The fraction of sp³-hybridized carbons (Fsp3) is 0.429. The fourth-order valence-corrected chi connectivity index (χ4v) is 1.86. The summed E-state index contributed by atoms with van der Waals surface area (Å²) in [5.74, 6) is 0.174. The van der Waals surface area contributed by atoms with Crippen molar-refractivity contribution in [3.8, 4) is 0 Å². The smallest absolute Gasteiger partial charge is 0.134 e. The summed E-state index contributed by atoms with van der Waals surface area (Å²) in [5, 5.41) is 10.6. The third kappa shape index (κ3) is 3.09. The molecule has 0 bridgehead atoms. The van der Waals surface area contributed by atoms with Crippen molar-refractivity contribution in [3.05, 3.63) is 35.8 Å². The minimum Gasteiger partial charge on any atom is -0.458 e. The second-order valence-electron chi connectivity index (χ2n) is 4.19. The van der Waals surface area contributed by atoms with Crippen molar-refractivity contribution in [1.82, 2.24) is 0 Å². The van der Waals surface area contributed by atoms with Crippen molar-refractivity contribution < 1.29 is 18.7 Å². The Morgan fingerprint density at radius 3 is 3.00 bits per heavy atom. The Morgan fingerprint density at radius 1 is 1.39 bits per heavy atom. The zero-order valence-corrected chi connectivity index (χ0v) is 10.4. The van der Waals surface area contributed by atoms with Crippen LogP contribution in [0, 0.1) is 5.82 Å². The van der Waals surface area contributed by atoms with E-state index in [0.717, 1.165) is 6.42 Å². The van der Waals surface area contributed by atoms with Gasteiger partial charge in [-0.1, -0.05) is 0 Å². The van der Waals surface area contributed by atoms with Gasteiger partial charge in [-0.15, -0.1) is 0 Å². The van der Waals surface area contributed by atoms with Crippen molar-refractivity contribution >= 4 is 11.0 Å². The Balaban J connectivity index is 2.01. The molecule has 3 nitrogen and oxygen atoms in total. The molecule has 2 rings (SSSR count). The number of aliphatic hydroxyl groups is 1. The lowest BCUT2D eigenvalue weighted by Gasteiger charge is -2.06. The van der Waals surface area contributed by atoms with E-state index in [9.17, 15) is 9.50 Å². The van der Waals surface area contributed by atoms with Gasteiger partial charge in [-0.25, -0.2) is 4.39 Å². The monoisotopic (exact) mass is 252 g/mol. The lowest BCUT2D eigenvalue weighted by Crippen LogP contribution is -1.99. The van der Waals surface area contributed by atoms with Gasteiger partial charge in [-0.3, -0.25) is 0 Å². The number of rotatable bonds is 6. The largest absolute Gasteiger partial charge is 0.458 e. The van der Waals surface area contributed by atoms with Gasteiger partial charge >= 0.3 is 0 Å². The number of halogens is 1. The van der Waals surface area contributed by atoms with Crippen molar-refractivity contribution in [2.75, 3.05) is 13.2 Å². The van der Waals surface area contributed by atoms with Crippen LogP contribution in [0.25, 0.3) is 11.0 Å². The maximum atomic E-state index is 13.0. The van der Waals surface area contributed by atoms with Crippen molar-refractivity contribution in [2.45, 2.75) is 25.9 Å². The van der Waals surface area contributed by atoms with Gasteiger partial charge in [-0.2, -0.15) is 0 Å². The van der Waals surface area contributed by atoms with Gasteiger partial charge in [0.15, 0.2) is 0 Å². The molecule has 98 valence electrons. The van der Waals surface area contributed by atoms with Gasteiger partial charge in [0.05, 0.1) is 0 Å². The summed E-state index contributed by atoms with van der Waals surface area (Å²) in [4.78, 5) is 0. The molecule has 0 aliphatic rings. The second-order valence-corrected chi connectivity index (χ2v) is 4.19. The fourth-order valence-electron chi connectivity index (χ4n) is 1.86. The number of hydrogen-bond acceptors (Lipinski definition) is 3. The van der Waals surface area contributed by atoms with Crippen LogP contribution in [0.2, 0.25) is 0 Å². The molecule has 2 aromatic rings. The third-order valence-corrected chi connectivity index (χ3v) is 2.80. The first-order valence-electron chi connectivity index (χ1n) is 6.15. The summed E-state index contributed by atoms with van der Waals surface area (Å²) in [6.07, 6.45) is 0.670. The first-order chi connectivity index (χ1) is 8.70. The molecule has 0 spiro atoms. The van der Waals surface area contributed by atoms with E-state index in [4.69, 9.17) is 9.15 Å². The van der Waals surface area contributed by atoms with E-state index in [1.165, 1.54) is 12.1 Å². The molecule has 0 saturated heterocycles. The van der Waals surface area contributed by atoms with Gasteiger partial charge < -0.3 is 14.3 Å². The van der Waals surface area contributed by atoms with Gasteiger partial charge in [0.25, 0.3) is 0 Å². The molecule has 0 saturated carbocycles. The Morgan fingerprint density at radius 2 is 2.22 bits per heavy atom. The minimum absolute atomic E-state index is 0.305. The standard InChI is InChI=1S/C14H17FO3/c1-2-17-7-3-4-12(16)14-9-10-8-11(15)5-6-13(10)18-14/h5-6,8-9,12,16H,2-4,7H2,1H3. The summed E-state index contributed by atoms with van der Waals surface area (Å²) in [5.41, 5.74) is 0.593. The Hall–Kier alpha value is -1.39. The highest BCUT2D eigenvalue weighted by molar-refractivity contribution is 5.77. The highest BCUT2D eigenvalue weighted by atomic mass is 19.1. The topological polar surface area (TPSA) is 42.6 Å². The molecule has 1 aromatic carbocycles. The molecule has 0 amide bonds. The summed E-state index contributed by atoms with van der Waals surface area (Å²) in [6.45, 7) is 3.24. The number of furan rings is 1. The predicted octanol–water partition coefficient (Wildman–Crippen LogP) is 3.42. The lowest BCUT2D eigenvalue weighted by atomic mass is 10.1. The van der Waals surface area contributed by atoms with Crippen LogP contribution >= 0.6 is 0 Å². The molecule has 1 aromatic heterocycles. The lowest BCUT2D eigenvalue weighted by molar-refractivity contribution is 0.104. The van der Waals surface area contributed by atoms with Crippen molar-refractivity contribution in [3.63, 3.8) is 0 Å². The molecule has 1 unspecified atom stereocenters. The average Bonchev–Trinajstić information content (AvgIpc) is 2.77. The van der Waals surface area contributed by atoms with E-state index in [1.54, 1.807) is 12.1 Å². The Kier molecular flexibility index (Phi) is 4.33. The quantitative estimate of drug-likeness (QED) is 0.801. The summed E-state index contributed by atoms with van der Waals surface area (Å²) < 4.78 is 23.7. The van der Waals surface area contributed by atoms with Gasteiger partial charge in [0, 0.05) is 18.6 Å². The van der Waals surface area contributed by atoms with E-state index in [0.29, 0.717) is 36.4 Å². The summed E-state index contributed by atoms with van der Waals surface area (Å²) in [7, 11) is 0. The van der Waals surface area contributed by atoms with E-state index in [2.05, 4.69) is 0 Å². The first kappa shape index (κ1) is 13.1. The maximum Gasteiger partial charge on any atom is 0.134 e. The molecule has 18 heavy (non-hydrogen) atoms. The molecule has 0 fully saturated rings. The number of aliphatic hydroxyl groups excluding tert-OH is 1. The van der Waals surface area contributed by atoms with Crippen LogP contribution in [0.1, 0.15) is 31.6 Å². The molecule has 0 aliphatic heterocycles. The van der Waals surface area contributed by atoms with Crippen molar-refractivity contribution in [2.24, 2.45) is 0 Å². The molecule has 0 aliphatic carbocycles. The van der Waals surface area contributed by atoms with Crippen LogP contribution in [0.15, 0.2) is 28.7 Å². The van der Waals surface area contributed by atoms with Gasteiger partial charge in [-0.05, 0) is 44.0 Å². The van der Waals surface area contributed by atoms with E-state index >= 15 is 0 Å². The molecule has 1 N–H and O–H groups in total. The van der Waals surface area contributed by atoms with Crippen LogP contribution < -0.4 is 0 Å². The zero-order valence-electron chi connectivity index (χ0n) is 10.4. The second kappa shape index (κ2) is 5.98. The van der Waals surface area contributed by atoms with Crippen molar-refractivity contribution in [1.29, 1.82) is 0 Å². The van der Waals surface area contributed by atoms with Crippen LogP contribution in [0.5, 0.6) is 0 Å². The first-order valence-corrected chi connectivity index (χ1v) is 6.15.